The summed E-state index contributed by atoms with van der Waals surface area (Å²) in [6.45, 7) is 0.716. The number of fused-ring (bicyclic) bond motifs is 1. The first-order chi connectivity index (χ1) is 10.4. The molecule has 2 N–H and O–H groups in total. The van der Waals surface area contributed by atoms with Gasteiger partial charge in [-0.2, -0.15) is 0 Å². The highest BCUT2D eigenvalue weighted by Crippen LogP contribution is 2.15. The first kappa shape index (κ1) is 16.7. The number of nitrogens with zero attached hydrogens (tertiary/aromatic N) is 2. The lowest BCUT2D eigenvalue weighted by atomic mass is 10.1. The smallest absolute Gasteiger partial charge is 0.191 e. The van der Waals surface area contributed by atoms with Crippen LogP contribution in [0.1, 0.15) is 18.4 Å². The molecule has 5 heteroatoms. The molecule has 22 heavy (non-hydrogen) atoms. The van der Waals surface area contributed by atoms with Crippen molar-refractivity contribution >= 4 is 40.8 Å². The van der Waals surface area contributed by atoms with Gasteiger partial charge in [0, 0.05) is 31.2 Å². The van der Waals surface area contributed by atoms with Gasteiger partial charge < -0.3 is 10.6 Å². The molecule has 3 rings (SSSR count). The number of aromatic nitrogens is 1. The Bertz CT molecular complexity index is 668. The highest BCUT2D eigenvalue weighted by atomic mass is 127. The summed E-state index contributed by atoms with van der Waals surface area (Å²) in [5, 5.41) is 7.98. The molecule has 0 radical (unpaired) electrons. The van der Waals surface area contributed by atoms with E-state index in [-0.39, 0.29) is 24.0 Å². The van der Waals surface area contributed by atoms with Crippen molar-refractivity contribution in [2.24, 2.45) is 4.99 Å². The minimum absolute atomic E-state index is 0. The minimum atomic E-state index is 0. The Balaban J connectivity index is 0.00000176. The fraction of sp³-hybridized carbons (Fsp3) is 0.294. The van der Waals surface area contributed by atoms with Crippen LogP contribution in [0.25, 0.3) is 10.9 Å². The van der Waals surface area contributed by atoms with Crippen LogP contribution >= 0.6 is 24.0 Å². The summed E-state index contributed by atoms with van der Waals surface area (Å²) in [4.78, 5) is 8.77. The van der Waals surface area contributed by atoms with E-state index in [9.17, 15) is 0 Å². The second-order valence-electron chi connectivity index (χ2n) is 5.20. The molecule has 2 aromatic rings. The van der Waals surface area contributed by atoms with E-state index in [2.05, 4.69) is 57.0 Å². The number of benzene rings is 1. The van der Waals surface area contributed by atoms with Crippen LogP contribution in [0.15, 0.2) is 53.7 Å². The Morgan fingerprint density at radius 2 is 2.00 bits per heavy atom. The molecular weight excluding hydrogens is 387 g/mol. The molecule has 0 atom stereocenters. The number of halogens is 1. The lowest BCUT2D eigenvalue weighted by Crippen LogP contribution is -2.42. The van der Waals surface area contributed by atoms with E-state index < -0.39 is 0 Å². The number of hydrogen-bond donors (Lipinski definition) is 2. The van der Waals surface area contributed by atoms with Crippen molar-refractivity contribution in [3.05, 3.63) is 54.2 Å². The van der Waals surface area contributed by atoms with Crippen molar-refractivity contribution in [2.75, 3.05) is 7.05 Å². The fourth-order valence-corrected chi connectivity index (χ4v) is 2.61. The second-order valence-corrected chi connectivity index (χ2v) is 5.20. The second kappa shape index (κ2) is 8.12. The van der Waals surface area contributed by atoms with Gasteiger partial charge >= 0.3 is 0 Å². The molecule has 0 bridgehead atoms. The molecule has 0 aliphatic heterocycles. The average Bonchev–Trinajstić information content (AvgIpc) is 3.04. The van der Waals surface area contributed by atoms with Crippen molar-refractivity contribution in [1.82, 2.24) is 15.6 Å². The van der Waals surface area contributed by atoms with E-state index in [1.807, 2.05) is 12.3 Å². The van der Waals surface area contributed by atoms with Gasteiger partial charge in [-0.15, -0.1) is 24.0 Å². The highest BCUT2D eigenvalue weighted by molar-refractivity contribution is 14.0. The topological polar surface area (TPSA) is 49.3 Å². The van der Waals surface area contributed by atoms with Crippen LogP contribution in [0, 0.1) is 0 Å². The molecule has 0 saturated heterocycles. The summed E-state index contributed by atoms with van der Waals surface area (Å²) in [6.07, 6.45) is 8.38. The van der Waals surface area contributed by atoms with Gasteiger partial charge in [-0.1, -0.05) is 36.4 Å². The summed E-state index contributed by atoms with van der Waals surface area (Å²) in [5.41, 5.74) is 2.23. The SMILES string of the molecule is CN=C(NCc1cccc2cccnc12)NC1CC=CC1.I. The zero-order valence-corrected chi connectivity index (χ0v) is 15.0. The summed E-state index contributed by atoms with van der Waals surface area (Å²) < 4.78 is 0. The third-order valence-corrected chi connectivity index (χ3v) is 3.73. The first-order valence-corrected chi connectivity index (χ1v) is 7.31. The monoisotopic (exact) mass is 408 g/mol. The van der Waals surface area contributed by atoms with Crippen LogP contribution in [0.4, 0.5) is 0 Å². The normalized spacial score (nSPS) is 14.9. The van der Waals surface area contributed by atoms with Gasteiger partial charge in [0.15, 0.2) is 5.96 Å². The van der Waals surface area contributed by atoms with E-state index in [0.717, 1.165) is 24.3 Å². The number of pyridine rings is 1. The lowest BCUT2D eigenvalue weighted by molar-refractivity contribution is 0.633. The van der Waals surface area contributed by atoms with Crippen LogP contribution in [0.5, 0.6) is 0 Å². The lowest BCUT2D eigenvalue weighted by Gasteiger charge is -2.17. The molecule has 1 aromatic heterocycles. The molecular formula is C17H21IN4. The minimum Gasteiger partial charge on any atom is -0.353 e. The first-order valence-electron chi connectivity index (χ1n) is 7.31. The molecule has 4 nitrogen and oxygen atoms in total. The number of nitrogens with one attached hydrogen (secondary N) is 2. The Labute approximate surface area is 148 Å². The average molecular weight is 408 g/mol. The molecule has 0 spiro atoms. The van der Waals surface area contributed by atoms with Gasteiger partial charge in [-0.25, -0.2) is 0 Å². The molecule has 1 heterocycles. The van der Waals surface area contributed by atoms with E-state index in [0.29, 0.717) is 12.6 Å². The van der Waals surface area contributed by atoms with Gasteiger partial charge in [0.2, 0.25) is 0 Å². The maximum absolute atomic E-state index is 4.48. The van der Waals surface area contributed by atoms with Crippen LogP contribution < -0.4 is 10.6 Å². The van der Waals surface area contributed by atoms with Gasteiger partial charge in [0.25, 0.3) is 0 Å². The van der Waals surface area contributed by atoms with Crippen molar-refractivity contribution in [2.45, 2.75) is 25.4 Å². The number of hydrogen-bond acceptors (Lipinski definition) is 2. The maximum atomic E-state index is 4.48. The Hall–Kier alpha value is -1.63. The van der Waals surface area contributed by atoms with Crippen molar-refractivity contribution in [3.63, 3.8) is 0 Å². The van der Waals surface area contributed by atoms with Gasteiger partial charge in [0.1, 0.15) is 0 Å². The molecule has 1 aliphatic rings. The highest BCUT2D eigenvalue weighted by Gasteiger charge is 2.11. The largest absolute Gasteiger partial charge is 0.353 e. The zero-order chi connectivity index (χ0) is 14.5. The number of aliphatic imine (C=N–C) groups is 1. The number of rotatable bonds is 3. The van der Waals surface area contributed by atoms with Gasteiger partial charge in [-0.05, 0) is 24.5 Å². The fourth-order valence-electron chi connectivity index (χ4n) is 2.61. The van der Waals surface area contributed by atoms with Crippen molar-refractivity contribution < 1.29 is 0 Å². The van der Waals surface area contributed by atoms with E-state index in [1.54, 1.807) is 7.05 Å². The third-order valence-electron chi connectivity index (χ3n) is 3.73. The van der Waals surface area contributed by atoms with Crippen molar-refractivity contribution in [1.29, 1.82) is 0 Å². The molecule has 1 aliphatic carbocycles. The summed E-state index contributed by atoms with van der Waals surface area (Å²) in [7, 11) is 1.80. The Morgan fingerprint density at radius 1 is 1.23 bits per heavy atom. The van der Waals surface area contributed by atoms with Gasteiger partial charge in [-0.3, -0.25) is 9.98 Å². The predicted molar refractivity (Wildman–Crippen MR) is 103 cm³/mol. The summed E-state index contributed by atoms with van der Waals surface area (Å²) >= 11 is 0. The third kappa shape index (κ3) is 3.97. The standard InChI is InChI=1S/C17H20N4.HI/c1-18-17(21-15-9-2-3-10-15)20-12-14-7-4-6-13-8-5-11-19-16(13)14;/h2-8,11,15H,9-10,12H2,1H3,(H2,18,20,21);1H. The van der Waals surface area contributed by atoms with Crippen LogP contribution in [-0.2, 0) is 6.54 Å². The Kier molecular flexibility index (Phi) is 6.18. The summed E-state index contributed by atoms with van der Waals surface area (Å²) in [5.74, 6) is 0.844. The molecule has 0 amide bonds. The van der Waals surface area contributed by atoms with Crippen LogP contribution in [0.3, 0.4) is 0 Å². The van der Waals surface area contributed by atoms with E-state index >= 15 is 0 Å². The number of guanidine groups is 1. The molecule has 1 aromatic carbocycles. The molecule has 0 saturated carbocycles. The van der Waals surface area contributed by atoms with E-state index in [4.69, 9.17) is 0 Å². The quantitative estimate of drug-likeness (QED) is 0.355. The van der Waals surface area contributed by atoms with Crippen molar-refractivity contribution in [3.8, 4) is 0 Å². The molecule has 0 unspecified atom stereocenters. The molecule has 116 valence electrons. The van der Waals surface area contributed by atoms with Gasteiger partial charge in [0.05, 0.1) is 5.52 Å². The molecule has 0 fully saturated rings. The van der Waals surface area contributed by atoms with Crippen LogP contribution in [0.2, 0.25) is 0 Å². The summed E-state index contributed by atoms with van der Waals surface area (Å²) in [6, 6.07) is 10.8. The maximum Gasteiger partial charge on any atom is 0.191 e. The van der Waals surface area contributed by atoms with Crippen LogP contribution in [-0.4, -0.2) is 24.0 Å². The zero-order valence-electron chi connectivity index (χ0n) is 12.6. The Morgan fingerprint density at radius 3 is 2.77 bits per heavy atom. The predicted octanol–water partition coefficient (Wildman–Crippen LogP) is 3.24. The number of para-hydroxylation sites is 1. The van der Waals surface area contributed by atoms with E-state index in [1.165, 1.54) is 10.9 Å².